The third kappa shape index (κ3) is 3.80. The Morgan fingerprint density at radius 2 is 1.70 bits per heavy atom. The molecule has 0 fully saturated rings. The molecule has 0 unspecified atom stereocenters. The second kappa shape index (κ2) is 7.26. The van der Waals surface area contributed by atoms with Gasteiger partial charge in [0, 0.05) is 54.6 Å². The normalized spacial score (nSPS) is 14.1. The lowest BCUT2D eigenvalue weighted by Gasteiger charge is -2.28. The van der Waals surface area contributed by atoms with E-state index in [1.807, 2.05) is 30.5 Å². The first-order valence-corrected chi connectivity index (χ1v) is 9.15. The molecule has 0 radical (unpaired) electrons. The minimum atomic E-state index is 0.0707. The van der Waals surface area contributed by atoms with Gasteiger partial charge in [0.2, 0.25) is 5.95 Å². The first-order valence-electron chi connectivity index (χ1n) is 8.40. The van der Waals surface area contributed by atoms with Crippen LogP contribution in [0.1, 0.15) is 16.8 Å². The van der Waals surface area contributed by atoms with Crippen LogP contribution in [0.5, 0.6) is 0 Å². The summed E-state index contributed by atoms with van der Waals surface area (Å²) in [6.07, 6.45) is 2.69. The number of nitrogens with two attached hydrogens (primary N) is 2. The molecular weight excluding hydrogens is 385 g/mol. The van der Waals surface area contributed by atoms with Gasteiger partial charge in [0.05, 0.1) is 5.69 Å². The number of nitrogen functional groups attached to an aromatic ring is 2. The molecule has 0 saturated carbocycles. The Labute approximate surface area is 166 Å². The fourth-order valence-corrected chi connectivity index (χ4v) is 3.60. The molecule has 1 aliphatic heterocycles. The summed E-state index contributed by atoms with van der Waals surface area (Å²) in [6.45, 7) is 2.06. The molecule has 0 atom stereocenters. The highest BCUT2D eigenvalue weighted by Gasteiger charge is 2.21. The van der Waals surface area contributed by atoms with Crippen LogP contribution in [0.4, 0.5) is 11.6 Å². The summed E-state index contributed by atoms with van der Waals surface area (Å²) < 4.78 is 0. The Morgan fingerprint density at radius 3 is 2.41 bits per heavy atom. The first kappa shape index (κ1) is 17.9. The molecule has 1 aliphatic rings. The number of anilines is 2. The van der Waals surface area contributed by atoms with Crippen molar-refractivity contribution in [2.45, 2.75) is 19.5 Å². The van der Waals surface area contributed by atoms with E-state index in [2.05, 4.69) is 19.9 Å². The van der Waals surface area contributed by atoms with E-state index in [1.54, 1.807) is 0 Å². The van der Waals surface area contributed by atoms with Gasteiger partial charge in [-0.2, -0.15) is 0 Å². The Bertz CT molecular complexity index is 968. The molecule has 4 N–H and O–H groups in total. The fraction of sp³-hybridized carbons (Fsp3) is 0.222. The molecule has 0 bridgehead atoms. The molecule has 3 aromatic rings. The van der Waals surface area contributed by atoms with Crippen molar-refractivity contribution in [1.29, 1.82) is 0 Å². The van der Waals surface area contributed by atoms with Crippen LogP contribution in [0.3, 0.4) is 0 Å². The third-order valence-electron chi connectivity index (χ3n) is 4.49. The highest BCUT2D eigenvalue weighted by molar-refractivity contribution is 6.34. The average Bonchev–Trinajstić information content (AvgIpc) is 2.65. The summed E-state index contributed by atoms with van der Waals surface area (Å²) in [5, 5.41) is 0.571. The predicted molar refractivity (Wildman–Crippen MR) is 106 cm³/mol. The number of hydrogen-bond acceptors (Lipinski definition) is 7. The molecule has 0 spiro atoms. The highest BCUT2D eigenvalue weighted by atomic mass is 35.5. The van der Waals surface area contributed by atoms with Crippen molar-refractivity contribution in [1.82, 2.24) is 24.8 Å². The maximum atomic E-state index is 6.18. The SMILES string of the molecule is Nc1ccc(-c2ncc3c(n2)CCN(Cc2c(Cl)nc(N)nc2Cl)C3)cc1. The molecule has 3 heterocycles. The van der Waals surface area contributed by atoms with E-state index in [1.165, 1.54) is 0 Å². The van der Waals surface area contributed by atoms with Gasteiger partial charge in [-0.1, -0.05) is 23.2 Å². The average molecular weight is 402 g/mol. The van der Waals surface area contributed by atoms with Crippen LogP contribution in [0.2, 0.25) is 10.3 Å². The van der Waals surface area contributed by atoms with Gasteiger partial charge in [0.25, 0.3) is 0 Å². The van der Waals surface area contributed by atoms with E-state index in [4.69, 9.17) is 39.7 Å². The number of benzene rings is 1. The van der Waals surface area contributed by atoms with E-state index < -0.39 is 0 Å². The van der Waals surface area contributed by atoms with Gasteiger partial charge in [-0.05, 0) is 24.3 Å². The third-order valence-corrected chi connectivity index (χ3v) is 5.11. The van der Waals surface area contributed by atoms with Crippen molar-refractivity contribution < 1.29 is 0 Å². The summed E-state index contributed by atoms with van der Waals surface area (Å²) in [7, 11) is 0. The molecule has 1 aromatic carbocycles. The van der Waals surface area contributed by atoms with E-state index in [0.717, 1.165) is 35.5 Å². The highest BCUT2D eigenvalue weighted by Crippen LogP contribution is 2.27. The Balaban J connectivity index is 1.53. The minimum absolute atomic E-state index is 0.0707. The van der Waals surface area contributed by atoms with Crippen LogP contribution >= 0.6 is 23.2 Å². The van der Waals surface area contributed by atoms with Gasteiger partial charge in [-0.25, -0.2) is 19.9 Å². The van der Waals surface area contributed by atoms with Crippen molar-refractivity contribution in [3.63, 3.8) is 0 Å². The Hall–Kier alpha value is -2.48. The van der Waals surface area contributed by atoms with Crippen LogP contribution in [-0.2, 0) is 19.5 Å². The van der Waals surface area contributed by atoms with Crippen LogP contribution in [0.15, 0.2) is 30.5 Å². The zero-order valence-electron chi connectivity index (χ0n) is 14.4. The summed E-state index contributed by atoms with van der Waals surface area (Å²) >= 11 is 12.4. The minimum Gasteiger partial charge on any atom is -0.399 e. The van der Waals surface area contributed by atoms with Crippen molar-refractivity contribution in [2.24, 2.45) is 0 Å². The summed E-state index contributed by atoms with van der Waals surface area (Å²) in [4.78, 5) is 19.4. The first-order chi connectivity index (χ1) is 13.0. The monoisotopic (exact) mass is 401 g/mol. The van der Waals surface area contributed by atoms with Crippen molar-refractivity contribution >= 4 is 34.8 Å². The second-order valence-electron chi connectivity index (χ2n) is 6.39. The van der Waals surface area contributed by atoms with E-state index >= 15 is 0 Å². The summed E-state index contributed by atoms with van der Waals surface area (Å²) in [5.41, 5.74) is 15.8. The number of nitrogens with zero attached hydrogens (tertiary/aromatic N) is 5. The van der Waals surface area contributed by atoms with Gasteiger partial charge in [-0.15, -0.1) is 0 Å². The molecule has 0 saturated heterocycles. The Kier molecular flexibility index (Phi) is 4.82. The van der Waals surface area contributed by atoms with Crippen molar-refractivity contribution in [2.75, 3.05) is 18.0 Å². The lowest BCUT2D eigenvalue weighted by Crippen LogP contribution is -2.31. The molecular formula is C18H17Cl2N7. The zero-order chi connectivity index (χ0) is 19.0. The van der Waals surface area contributed by atoms with Gasteiger partial charge in [-0.3, -0.25) is 4.90 Å². The van der Waals surface area contributed by atoms with Gasteiger partial charge >= 0.3 is 0 Å². The van der Waals surface area contributed by atoms with Crippen molar-refractivity contribution in [3.8, 4) is 11.4 Å². The molecule has 27 heavy (non-hydrogen) atoms. The zero-order valence-corrected chi connectivity index (χ0v) is 15.9. The second-order valence-corrected chi connectivity index (χ2v) is 7.11. The van der Waals surface area contributed by atoms with Gasteiger partial charge in [0.15, 0.2) is 5.82 Å². The van der Waals surface area contributed by atoms with Crippen LogP contribution in [0.25, 0.3) is 11.4 Å². The van der Waals surface area contributed by atoms with Gasteiger partial charge in [0.1, 0.15) is 10.3 Å². The Morgan fingerprint density at radius 1 is 1.00 bits per heavy atom. The topological polar surface area (TPSA) is 107 Å². The molecule has 7 nitrogen and oxygen atoms in total. The molecule has 4 rings (SSSR count). The largest absolute Gasteiger partial charge is 0.399 e. The number of halogens is 2. The maximum Gasteiger partial charge on any atom is 0.222 e. The summed E-state index contributed by atoms with van der Waals surface area (Å²) in [5.74, 6) is 0.779. The van der Waals surface area contributed by atoms with Crippen LogP contribution in [-0.4, -0.2) is 31.4 Å². The smallest absolute Gasteiger partial charge is 0.222 e. The van der Waals surface area contributed by atoms with E-state index in [-0.39, 0.29) is 16.3 Å². The summed E-state index contributed by atoms with van der Waals surface area (Å²) in [6, 6.07) is 7.55. The number of hydrogen-bond donors (Lipinski definition) is 2. The quantitative estimate of drug-likeness (QED) is 0.512. The van der Waals surface area contributed by atoms with Gasteiger partial charge < -0.3 is 11.5 Å². The fourth-order valence-electron chi connectivity index (χ4n) is 3.08. The lowest BCUT2D eigenvalue weighted by atomic mass is 10.1. The number of fused-ring (bicyclic) bond motifs is 1. The lowest BCUT2D eigenvalue weighted by molar-refractivity contribution is 0.242. The van der Waals surface area contributed by atoms with Crippen LogP contribution < -0.4 is 11.5 Å². The van der Waals surface area contributed by atoms with Crippen LogP contribution in [0, 0.1) is 0 Å². The molecule has 0 aliphatic carbocycles. The van der Waals surface area contributed by atoms with E-state index in [9.17, 15) is 0 Å². The maximum absolute atomic E-state index is 6.18. The van der Waals surface area contributed by atoms with Crippen molar-refractivity contribution in [3.05, 3.63) is 57.6 Å². The molecule has 2 aromatic heterocycles. The molecule has 138 valence electrons. The molecule has 9 heteroatoms. The predicted octanol–water partition coefficient (Wildman–Crippen LogP) is 2.96. The molecule has 0 amide bonds. The number of rotatable bonds is 3. The van der Waals surface area contributed by atoms with E-state index in [0.29, 0.717) is 24.5 Å². The number of aromatic nitrogens is 4. The standard InChI is InChI=1S/C18H17Cl2N7/c19-15-13(16(20)26-18(22)25-15)9-27-6-5-14-11(8-27)7-23-17(24-14)10-1-3-12(21)4-2-10/h1-4,7H,5-6,8-9,21H2,(H2,22,25,26).